The number of hydrogen-bond donors (Lipinski definition) is 4. The third-order valence-electron chi connectivity index (χ3n) is 8.03. The van der Waals surface area contributed by atoms with Gasteiger partial charge in [0.2, 0.25) is 0 Å². The molecule has 0 atom stereocenters. The third-order valence-corrected chi connectivity index (χ3v) is 8.03. The number of nitrogens with zero attached hydrogens (tertiary/aromatic N) is 3. The van der Waals surface area contributed by atoms with Crippen molar-refractivity contribution in [3.63, 3.8) is 0 Å². The van der Waals surface area contributed by atoms with Gasteiger partial charge in [-0.05, 0) is 68.2 Å². The summed E-state index contributed by atoms with van der Waals surface area (Å²) < 4.78 is 1.95. The van der Waals surface area contributed by atoms with E-state index >= 15 is 0 Å². The molecule has 0 spiro atoms. The van der Waals surface area contributed by atoms with E-state index in [1.54, 1.807) is 18.7 Å². The number of imidazole rings is 1. The molecular formula is C29H35N7O. The molecule has 2 saturated carbocycles. The fourth-order valence-electron chi connectivity index (χ4n) is 5.82. The lowest BCUT2D eigenvalue weighted by molar-refractivity contribution is 0.0951. The lowest BCUT2D eigenvalue weighted by Gasteiger charge is -2.28. The maximum atomic E-state index is 13.5. The number of hydrogen-bond acceptors (Lipinski definition) is 5. The van der Waals surface area contributed by atoms with Crippen molar-refractivity contribution in [2.24, 2.45) is 5.73 Å². The Balaban J connectivity index is 1.24. The van der Waals surface area contributed by atoms with Crippen LogP contribution >= 0.6 is 0 Å². The Morgan fingerprint density at radius 2 is 1.86 bits per heavy atom. The molecule has 1 amide bonds. The normalized spacial score (nSPS) is 20.4. The predicted octanol–water partition coefficient (Wildman–Crippen LogP) is 5.02. The Labute approximate surface area is 217 Å². The van der Waals surface area contributed by atoms with Gasteiger partial charge < -0.3 is 25.9 Å². The van der Waals surface area contributed by atoms with Crippen LogP contribution in [-0.2, 0) is 6.54 Å². The number of pyridine rings is 1. The van der Waals surface area contributed by atoms with Crippen molar-refractivity contribution in [3.8, 4) is 5.69 Å². The average Bonchev–Trinajstić information content (AvgIpc) is 3.71. The molecule has 4 aromatic rings. The SMILES string of the molecule is N[C@H]1CC[C@H](Nc2c(C(=O)NCc3ccc(-n4ccnc4)cc3)cnc3[nH]c(C4CCCC4)cc23)CC1. The van der Waals surface area contributed by atoms with Crippen LogP contribution in [-0.4, -0.2) is 37.5 Å². The Morgan fingerprint density at radius 3 is 2.59 bits per heavy atom. The van der Waals surface area contributed by atoms with E-state index in [0.717, 1.165) is 53.7 Å². The topological polar surface area (TPSA) is 114 Å². The van der Waals surface area contributed by atoms with E-state index in [1.807, 2.05) is 35.0 Å². The van der Waals surface area contributed by atoms with Crippen LogP contribution < -0.4 is 16.4 Å². The molecule has 3 aromatic heterocycles. The van der Waals surface area contributed by atoms with E-state index in [9.17, 15) is 4.79 Å². The standard InChI is InChI=1S/C29H35N7O/c30-21-7-9-22(10-8-21)34-27-24-15-26(20-3-1-2-4-20)35-28(24)32-17-25(27)29(37)33-16-19-5-11-23(12-6-19)36-14-13-31-18-36/h5-6,11-15,17-18,20-22H,1-4,7-10,16,30H2,(H,33,37)(H2,32,34,35)/t21-,22-. The summed E-state index contributed by atoms with van der Waals surface area (Å²) in [6.45, 7) is 0.444. The molecule has 0 unspecified atom stereocenters. The van der Waals surface area contributed by atoms with Crippen LogP contribution in [0, 0.1) is 0 Å². The lowest BCUT2D eigenvalue weighted by atomic mass is 9.91. The zero-order valence-electron chi connectivity index (χ0n) is 21.1. The summed E-state index contributed by atoms with van der Waals surface area (Å²) in [7, 11) is 0. The van der Waals surface area contributed by atoms with E-state index in [-0.39, 0.29) is 11.9 Å². The van der Waals surface area contributed by atoms with E-state index in [4.69, 9.17) is 5.73 Å². The highest BCUT2D eigenvalue weighted by Gasteiger charge is 2.25. The zero-order chi connectivity index (χ0) is 25.2. The number of benzene rings is 1. The number of aromatic amines is 1. The average molecular weight is 498 g/mol. The van der Waals surface area contributed by atoms with Crippen LogP contribution in [0.3, 0.4) is 0 Å². The highest BCUT2D eigenvalue weighted by Crippen LogP contribution is 2.37. The van der Waals surface area contributed by atoms with Gasteiger partial charge in [0.05, 0.1) is 17.6 Å². The molecule has 0 radical (unpaired) electrons. The molecule has 6 rings (SSSR count). The van der Waals surface area contributed by atoms with Crippen molar-refractivity contribution in [2.45, 2.75) is 75.9 Å². The molecule has 192 valence electrons. The first-order valence-electron chi connectivity index (χ1n) is 13.5. The van der Waals surface area contributed by atoms with Gasteiger partial charge in [-0.3, -0.25) is 4.79 Å². The lowest BCUT2D eigenvalue weighted by Crippen LogP contribution is -2.33. The largest absolute Gasteiger partial charge is 0.381 e. The van der Waals surface area contributed by atoms with Crippen molar-refractivity contribution in [1.29, 1.82) is 0 Å². The smallest absolute Gasteiger partial charge is 0.255 e. The number of nitrogens with one attached hydrogen (secondary N) is 3. The number of amides is 1. The summed E-state index contributed by atoms with van der Waals surface area (Å²) in [6, 6.07) is 10.9. The van der Waals surface area contributed by atoms with Gasteiger partial charge in [0.1, 0.15) is 5.65 Å². The Morgan fingerprint density at radius 1 is 1.08 bits per heavy atom. The number of rotatable bonds is 7. The molecule has 2 fully saturated rings. The van der Waals surface area contributed by atoms with Crippen molar-refractivity contribution in [1.82, 2.24) is 24.8 Å². The van der Waals surface area contributed by atoms with Gasteiger partial charge in [-0.1, -0.05) is 25.0 Å². The fourth-order valence-corrected chi connectivity index (χ4v) is 5.82. The van der Waals surface area contributed by atoms with Crippen LogP contribution in [0.15, 0.2) is 55.2 Å². The molecule has 0 aliphatic heterocycles. The monoisotopic (exact) mass is 497 g/mol. The fraction of sp³-hybridized carbons (Fsp3) is 0.414. The number of H-pyrrole nitrogens is 1. The molecule has 2 aliphatic carbocycles. The zero-order valence-corrected chi connectivity index (χ0v) is 21.1. The first-order valence-corrected chi connectivity index (χ1v) is 13.5. The molecule has 3 heterocycles. The van der Waals surface area contributed by atoms with Crippen molar-refractivity contribution >= 4 is 22.6 Å². The minimum absolute atomic E-state index is 0.119. The van der Waals surface area contributed by atoms with Gasteiger partial charge in [-0.25, -0.2) is 9.97 Å². The van der Waals surface area contributed by atoms with Gasteiger partial charge in [-0.15, -0.1) is 0 Å². The number of carbonyl (C=O) groups excluding carboxylic acids is 1. The summed E-state index contributed by atoms with van der Waals surface area (Å²) in [5.74, 6) is 0.434. The molecular weight excluding hydrogens is 462 g/mol. The number of nitrogens with two attached hydrogens (primary N) is 1. The summed E-state index contributed by atoms with van der Waals surface area (Å²) in [6.07, 6.45) is 16.2. The summed E-state index contributed by atoms with van der Waals surface area (Å²) in [4.78, 5) is 25.8. The molecule has 1 aromatic carbocycles. The maximum absolute atomic E-state index is 13.5. The van der Waals surface area contributed by atoms with Gasteiger partial charge in [-0.2, -0.15) is 0 Å². The van der Waals surface area contributed by atoms with Crippen molar-refractivity contribution in [2.75, 3.05) is 5.32 Å². The second-order valence-electron chi connectivity index (χ2n) is 10.6. The van der Waals surface area contributed by atoms with E-state index in [2.05, 4.69) is 31.7 Å². The summed E-state index contributed by atoms with van der Waals surface area (Å²) >= 11 is 0. The highest BCUT2D eigenvalue weighted by molar-refractivity contribution is 6.06. The summed E-state index contributed by atoms with van der Waals surface area (Å²) in [5.41, 5.74) is 11.8. The van der Waals surface area contributed by atoms with Crippen LogP contribution in [0.5, 0.6) is 0 Å². The van der Waals surface area contributed by atoms with Gasteiger partial charge in [0, 0.05) is 54.0 Å². The minimum Gasteiger partial charge on any atom is -0.381 e. The number of carbonyl (C=O) groups is 1. The van der Waals surface area contributed by atoms with Crippen LogP contribution in [0.2, 0.25) is 0 Å². The Bertz CT molecular complexity index is 1350. The van der Waals surface area contributed by atoms with Crippen molar-refractivity contribution in [3.05, 3.63) is 72.1 Å². The van der Waals surface area contributed by atoms with Gasteiger partial charge >= 0.3 is 0 Å². The van der Waals surface area contributed by atoms with Crippen LogP contribution in [0.1, 0.15) is 78.9 Å². The second kappa shape index (κ2) is 10.4. The molecule has 2 aliphatic rings. The van der Waals surface area contributed by atoms with E-state index in [1.165, 1.54) is 31.4 Å². The van der Waals surface area contributed by atoms with E-state index in [0.29, 0.717) is 24.1 Å². The van der Waals surface area contributed by atoms with Crippen LogP contribution in [0.25, 0.3) is 16.7 Å². The molecule has 8 heteroatoms. The highest BCUT2D eigenvalue weighted by atomic mass is 16.1. The third kappa shape index (κ3) is 5.11. The van der Waals surface area contributed by atoms with Gasteiger partial charge in [0.15, 0.2) is 0 Å². The molecule has 0 saturated heterocycles. The maximum Gasteiger partial charge on any atom is 0.255 e. The van der Waals surface area contributed by atoms with Crippen LogP contribution in [0.4, 0.5) is 5.69 Å². The minimum atomic E-state index is -0.119. The van der Waals surface area contributed by atoms with E-state index < -0.39 is 0 Å². The molecule has 5 N–H and O–H groups in total. The van der Waals surface area contributed by atoms with Crippen molar-refractivity contribution < 1.29 is 4.79 Å². The van der Waals surface area contributed by atoms with Gasteiger partial charge in [0.25, 0.3) is 5.91 Å². The summed E-state index contributed by atoms with van der Waals surface area (Å²) in [5, 5.41) is 7.85. The first kappa shape index (κ1) is 23.7. The Kier molecular flexibility index (Phi) is 6.66. The molecule has 37 heavy (non-hydrogen) atoms. The number of aromatic nitrogens is 4. The Hall–Kier alpha value is -3.65. The second-order valence-corrected chi connectivity index (χ2v) is 10.6. The molecule has 0 bridgehead atoms. The number of anilines is 1. The molecule has 8 nitrogen and oxygen atoms in total. The predicted molar refractivity (Wildman–Crippen MR) is 146 cm³/mol. The quantitative estimate of drug-likeness (QED) is 0.286. The first-order chi connectivity index (χ1) is 18.1. The number of fused-ring (bicyclic) bond motifs is 1.